The predicted octanol–water partition coefficient (Wildman–Crippen LogP) is 0.508. The minimum Gasteiger partial charge on any atom is -0.480 e. The van der Waals surface area contributed by atoms with Crippen LogP contribution in [0.2, 0.25) is 0 Å². The van der Waals surface area contributed by atoms with Gasteiger partial charge in [-0.3, -0.25) is 9.69 Å². The van der Waals surface area contributed by atoms with E-state index in [1.54, 1.807) is 11.8 Å². The van der Waals surface area contributed by atoms with Gasteiger partial charge in [0.05, 0.1) is 0 Å². The number of likely N-dealkylation sites (N-methyl/N-ethyl adjacent to an activating group) is 1. The summed E-state index contributed by atoms with van der Waals surface area (Å²) in [4.78, 5) is 12.7. The van der Waals surface area contributed by atoms with E-state index < -0.39 is 5.97 Å². The number of carboxylic acid groups (broad SMARTS) is 1. The molecular weight excluding hydrogens is 162 g/mol. The second-order valence-electron chi connectivity index (χ2n) is 2.56. The molecule has 1 rings (SSSR count). The molecule has 3 nitrogen and oxygen atoms in total. The monoisotopic (exact) mass is 175 g/mol. The van der Waals surface area contributed by atoms with Gasteiger partial charge < -0.3 is 5.11 Å². The van der Waals surface area contributed by atoms with E-state index in [-0.39, 0.29) is 6.04 Å². The molecule has 1 heterocycles. The zero-order valence-corrected chi connectivity index (χ0v) is 7.43. The number of thioether (sulfide) groups is 1. The van der Waals surface area contributed by atoms with Crippen LogP contribution in [0.15, 0.2) is 0 Å². The van der Waals surface area contributed by atoms with E-state index in [2.05, 4.69) is 0 Å². The molecule has 0 bridgehead atoms. The van der Waals surface area contributed by atoms with Crippen LogP contribution in [0, 0.1) is 0 Å². The summed E-state index contributed by atoms with van der Waals surface area (Å²) >= 11 is 1.73. The summed E-state index contributed by atoms with van der Waals surface area (Å²) in [6.45, 7) is 3.77. The molecule has 1 saturated heterocycles. The lowest BCUT2D eigenvalue weighted by Gasteiger charge is -2.31. The molecule has 0 aliphatic carbocycles. The molecule has 1 aliphatic heterocycles. The maximum atomic E-state index is 10.7. The largest absolute Gasteiger partial charge is 0.480 e. The fraction of sp³-hybridized carbons (Fsp3) is 0.857. The van der Waals surface area contributed by atoms with E-state index in [1.165, 1.54) is 0 Å². The highest BCUT2D eigenvalue weighted by atomic mass is 32.2. The first kappa shape index (κ1) is 8.87. The van der Waals surface area contributed by atoms with Crippen LogP contribution in [0.3, 0.4) is 0 Å². The molecule has 11 heavy (non-hydrogen) atoms. The van der Waals surface area contributed by atoms with Gasteiger partial charge in [0.15, 0.2) is 0 Å². The van der Waals surface area contributed by atoms with Crippen molar-refractivity contribution in [2.24, 2.45) is 0 Å². The Morgan fingerprint density at radius 2 is 2.55 bits per heavy atom. The maximum Gasteiger partial charge on any atom is 0.321 e. The topological polar surface area (TPSA) is 40.5 Å². The van der Waals surface area contributed by atoms with Crippen LogP contribution in [-0.4, -0.2) is 46.6 Å². The number of hydrogen-bond donors (Lipinski definition) is 1. The Balaban J connectivity index is 2.51. The zero-order valence-electron chi connectivity index (χ0n) is 6.62. The third-order valence-electron chi connectivity index (χ3n) is 1.93. The maximum absolute atomic E-state index is 10.7. The molecule has 1 aliphatic rings. The molecule has 0 aromatic rings. The molecule has 0 saturated carbocycles. The second kappa shape index (κ2) is 3.97. The van der Waals surface area contributed by atoms with Gasteiger partial charge in [-0.2, -0.15) is 11.8 Å². The Labute approximate surface area is 70.8 Å². The molecule has 0 amide bonds. The molecule has 1 fully saturated rings. The highest BCUT2D eigenvalue weighted by Crippen LogP contribution is 2.15. The predicted molar refractivity (Wildman–Crippen MR) is 46.0 cm³/mol. The number of carbonyl (C=O) groups is 1. The molecule has 0 aromatic carbocycles. The van der Waals surface area contributed by atoms with Gasteiger partial charge in [-0.1, -0.05) is 6.92 Å². The standard InChI is InChI=1S/C7H13NO2S/c1-2-8-3-4-11-5-6(8)7(9)10/h6H,2-5H2,1H3,(H,9,10). The van der Waals surface area contributed by atoms with Crippen molar-refractivity contribution >= 4 is 17.7 Å². The van der Waals surface area contributed by atoms with Gasteiger partial charge in [0.2, 0.25) is 0 Å². The van der Waals surface area contributed by atoms with Crippen molar-refractivity contribution in [3.8, 4) is 0 Å². The highest BCUT2D eigenvalue weighted by molar-refractivity contribution is 7.99. The third kappa shape index (κ3) is 2.10. The van der Waals surface area contributed by atoms with Crippen LogP contribution in [0.5, 0.6) is 0 Å². The van der Waals surface area contributed by atoms with Gasteiger partial charge in [0.25, 0.3) is 0 Å². The summed E-state index contributed by atoms with van der Waals surface area (Å²) in [5.41, 5.74) is 0. The lowest BCUT2D eigenvalue weighted by atomic mass is 10.3. The Bertz CT molecular complexity index is 151. The summed E-state index contributed by atoms with van der Waals surface area (Å²) in [6.07, 6.45) is 0. The average Bonchev–Trinajstić information content (AvgIpc) is 2.04. The smallest absolute Gasteiger partial charge is 0.321 e. The van der Waals surface area contributed by atoms with E-state index in [1.807, 2.05) is 11.8 Å². The summed E-state index contributed by atoms with van der Waals surface area (Å²) in [5.74, 6) is 1.12. The van der Waals surface area contributed by atoms with Gasteiger partial charge in [0, 0.05) is 18.1 Å². The van der Waals surface area contributed by atoms with Crippen molar-refractivity contribution in [3.63, 3.8) is 0 Å². The Hall–Kier alpha value is -0.220. The fourth-order valence-corrected chi connectivity index (χ4v) is 2.35. The van der Waals surface area contributed by atoms with Crippen LogP contribution in [0.1, 0.15) is 6.92 Å². The summed E-state index contributed by atoms with van der Waals surface area (Å²) < 4.78 is 0. The van der Waals surface area contributed by atoms with Crippen LogP contribution in [0.25, 0.3) is 0 Å². The lowest BCUT2D eigenvalue weighted by Crippen LogP contribution is -2.46. The van der Waals surface area contributed by atoms with Crippen molar-refractivity contribution in [2.75, 3.05) is 24.6 Å². The van der Waals surface area contributed by atoms with Gasteiger partial charge in [-0.25, -0.2) is 0 Å². The van der Waals surface area contributed by atoms with E-state index in [0.717, 1.165) is 24.6 Å². The van der Waals surface area contributed by atoms with E-state index in [0.29, 0.717) is 0 Å². The van der Waals surface area contributed by atoms with Crippen LogP contribution in [-0.2, 0) is 4.79 Å². The van der Waals surface area contributed by atoms with E-state index in [4.69, 9.17) is 5.11 Å². The molecule has 0 radical (unpaired) electrons. The number of rotatable bonds is 2. The summed E-state index contributed by atoms with van der Waals surface area (Å²) in [5, 5.41) is 8.78. The van der Waals surface area contributed by atoms with Gasteiger partial charge in [0.1, 0.15) is 6.04 Å². The first-order chi connectivity index (χ1) is 5.25. The van der Waals surface area contributed by atoms with Crippen LogP contribution < -0.4 is 0 Å². The Morgan fingerprint density at radius 1 is 1.82 bits per heavy atom. The molecule has 1 atom stereocenters. The zero-order chi connectivity index (χ0) is 8.27. The van der Waals surface area contributed by atoms with Crippen molar-refractivity contribution in [1.82, 2.24) is 4.90 Å². The summed E-state index contributed by atoms with van der Waals surface area (Å²) in [7, 11) is 0. The number of aliphatic carboxylic acids is 1. The number of nitrogens with zero attached hydrogens (tertiary/aromatic N) is 1. The van der Waals surface area contributed by atoms with Crippen molar-refractivity contribution in [3.05, 3.63) is 0 Å². The molecule has 0 aromatic heterocycles. The second-order valence-corrected chi connectivity index (χ2v) is 3.71. The van der Waals surface area contributed by atoms with E-state index >= 15 is 0 Å². The molecule has 4 heteroatoms. The SMILES string of the molecule is CCN1CCSCC1C(=O)O. The first-order valence-corrected chi connectivity index (χ1v) is 4.95. The number of carboxylic acids is 1. The minimum absolute atomic E-state index is 0.251. The quantitative estimate of drug-likeness (QED) is 0.664. The molecule has 1 unspecified atom stereocenters. The Morgan fingerprint density at radius 3 is 3.00 bits per heavy atom. The van der Waals surface area contributed by atoms with Gasteiger partial charge in [-0.15, -0.1) is 0 Å². The normalized spacial score (nSPS) is 26.8. The first-order valence-electron chi connectivity index (χ1n) is 3.80. The van der Waals surface area contributed by atoms with Crippen LogP contribution >= 0.6 is 11.8 Å². The van der Waals surface area contributed by atoms with Crippen LogP contribution in [0.4, 0.5) is 0 Å². The lowest BCUT2D eigenvalue weighted by molar-refractivity contribution is -0.142. The summed E-state index contributed by atoms with van der Waals surface area (Å²) in [6, 6.07) is -0.251. The highest BCUT2D eigenvalue weighted by Gasteiger charge is 2.26. The minimum atomic E-state index is -0.681. The van der Waals surface area contributed by atoms with Gasteiger partial charge >= 0.3 is 5.97 Å². The van der Waals surface area contributed by atoms with Crippen molar-refractivity contribution < 1.29 is 9.90 Å². The molecular formula is C7H13NO2S. The van der Waals surface area contributed by atoms with Gasteiger partial charge in [-0.05, 0) is 6.54 Å². The average molecular weight is 175 g/mol. The van der Waals surface area contributed by atoms with E-state index in [9.17, 15) is 4.79 Å². The van der Waals surface area contributed by atoms with Crippen molar-refractivity contribution in [1.29, 1.82) is 0 Å². The Kier molecular flexibility index (Phi) is 3.20. The number of hydrogen-bond acceptors (Lipinski definition) is 3. The third-order valence-corrected chi connectivity index (χ3v) is 2.95. The van der Waals surface area contributed by atoms with Crippen molar-refractivity contribution in [2.45, 2.75) is 13.0 Å². The molecule has 64 valence electrons. The molecule has 1 N–H and O–H groups in total. The fourth-order valence-electron chi connectivity index (χ4n) is 1.24. The molecule has 0 spiro atoms.